The molecule has 1 amide bonds. The van der Waals surface area contributed by atoms with E-state index in [1.54, 1.807) is 13.0 Å². The van der Waals surface area contributed by atoms with Crippen LogP contribution >= 0.6 is 0 Å². The largest absolute Gasteiger partial charge is 0.497 e. The van der Waals surface area contributed by atoms with Crippen LogP contribution in [-0.2, 0) is 14.8 Å². The minimum absolute atomic E-state index is 0.0173. The second kappa shape index (κ2) is 5.61. The highest BCUT2D eigenvalue weighted by Gasteiger charge is 2.43. The molecule has 2 N–H and O–H groups in total. The first-order valence-electron chi connectivity index (χ1n) is 6.37. The van der Waals surface area contributed by atoms with Crippen LogP contribution in [0, 0.1) is 6.92 Å². The van der Waals surface area contributed by atoms with Crippen molar-refractivity contribution in [2.75, 3.05) is 13.7 Å². The average Bonchev–Trinajstić information content (AvgIpc) is 2.81. The fraction of sp³-hybridized carbons (Fsp3) is 0.462. The van der Waals surface area contributed by atoms with Gasteiger partial charge >= 0.3 is 0 Å². The fourth-order valence-corrected chi connectivity index (χ4v) is 4.29. The average molecular weight is 316 g/mol. The van der Waals surface area contributed by atoms with Crippen molar-refractivity contribution in [3.63, 3.8) is 0 Å². The van der Waals surface area contributed by atoms with Gasteiger partial charge in [0.05, 0.1) is 12.0 Å². The zero-order valence-electron chi connectivity index (χ0n) is 11.7. The SMILES string of the molecule is COc1ccc(S(=O)(=O)N2C[C@H](F)C[C@H]2C(N)=O)c(C)c1. The van der Waals surface area contributed by atoms with Gasteiger partial charge in [-0.3, -0.25) is 4.79 Å². The van der Waals surface area contributed by atoms with E-state index in [1.165, 1.54) is 19.2 Å². The van der Waals surface area contributed by atoms with Crippen LogP contribution in [-0.4, -0.2) is 44.5 Å². The molecule has 0 unspecified atom stereocenters. The summed E-state index contributed by atoms with van der Waals surface area (Å²) in [5, 5.41) is 0. The van der Waals surface area contributed by atoms with E-state index in [1.807, 2.05) is 0 Å². The Morgan fingerprint density at radius 2 is 2.14 bits per heavy atom. The van der Waals surface area contributed by atoms with E-state index in [9.17, 15) is 17.6 Å². The molecule has 0 bridgehead atoms. The Balaban J connectivity index is 2.44. The third-order valence-electron chi connectivity index (χ3n) is 3.50. The van der Waals surface area contributed by atoms with Crippen LogP contribution < -0.4 is 10.5 Å². The maximum atomic E-state index is 13.5. The standard InChI is InChI=1S/C13H17FN2O4S/c1-8-5-10(20-2)3-4-12(8)21(18,19)16-7-9(14)6-11(16)13(15)17/h3-5,9,11H,6-7H2,1-2H3,(H2,15,17)/t9-,11+/m1/s1. The third kappa shape index (κ3) is 2.86. The molecule has 1 aliphatic heterocycles. The number of carbonyl (C=O) groups is 1. The predicted octanol–water partition coefficient (Wildman–Crippen LogP) is 0.590. The quantitative estimate of drug-likeness (QED) is 0.880. The fourth-order valence-electron chi connectivity index (χ4n) is 2.45. The number of carbonyl (C=O) groups excluding carboxylic acids is 1. The van der Waals surface area contributed by atoms with Crippen molar-refractivity contribution in [3.05, 3.63) is 23.8 Å². The van der Waals surface area contributed by atoms with E-state index < -0.39 is 28.1 Å². The second-order valence-corrected chi connectivity index (χ2v) is 6.82. The molecule has 1 aromatic rings. The van der Waals surface area contributed by atoms with Crippen molar-refractivity contribution >= 4 is 15.9 Å². The van der Waals surface area contributed by atoms with Crippen LogP contribution in [0.15, 0.2) is 23.1 Å². The lowest BCUT2D eigenvalue weighted by atomic mass is 10.2. The molecule has 1 aromatic carbocycles. The van der Waals surface area contributed by atoms with Gasteiger partial charge in [-0.15, -0.1) is 0 Å². The van der Waals surface area contributed by atoms with Crippen LogP contribution in [0.3, 0.4) is 0 Å². The molecule has 6 nitrogen and oxygen atoms in total. The summed E-state index contributed by atoms with van der Waals surface area (Å²) in [5.41, 5.74) is 5.64. The molecule has 2 rings (SSSR count). The van der Waals surface area contributed by atoms with E-state index in [4.69, 9.17) is 10.5 Å². The second-order valence-electron chi connectivity index (χ2n) is 4.96. The maximum Gasteiger partial charge on any atom is 0.244 e. The van der Waals surface area contributed by atoms with Gasteiger partial charge in [-0.05, 0) is 30.7 Å². The van der Waals surface area contributed by atoms with Gasteiger partial charge in [0.15, 0.2) is 0 Å². The van der Waals surface area contributed by atoms with E-state index in [-0.39, 0.29) is 17.9 Å². The number of methoxy groups -OCH3 is 1. The Kier molecular flexibility index (Phi) is 4.20. The number of ether oxygens (including phenoxy) is 1. The molecule has 0 radical (unpaired) electrons. The normalized spacial score (nSPS) is 23.2. The number of aryl methyl sites for hydroxylation is 1. The van der Waals surface area contributed by atoms with Crippen molar-refractivity contribution in [1.82, 2.24) is 4.31 Å². The molecule has 21 heavy (non-hydrogen) atoms. The number of halogens is 1. The van der Waals surface area contributed by atoms with E-state index >= 15 is 0 Å². The lowest BCUT2D eigenvalue weighted by molar-refractivity contribution is -0.121. The molecule has 116 valence electrons. The summed E-state index contributed by atoms with van der Waals surface area (Å²) in [7, 11) is -2.51. The number of alkyl halides is 1. The minimum atomic E-state index is -3.98. The van der Waals surface area contributed by atoms with Crippen LogP contribution in [0.1, 0.15) is 12.0 Å². The van der Waals surface area contributed by atoms with Gasteiger partial charge < -0.3 is 10.5 Å². The Morgan fingerprint density at radius 1 is 1.48 bits per heavy atom. The molecule has 0 aromatic heterocycles. The third-order valence-corrected chi connectivity index (χ3v) is 5.54. The number of sulfonamides is 1. The van der Waals surface area contributed by atoms with Gasteiger partial charge in [0, 0.05) is 13.0 Å². The number of hydrogen-bond acceptors (Lipinski definition) is 4. The summed E-state index contributed by atoms with van der Waals surface area (Å²) in [6.45, 7) is 1.25. The molecule has 8 heteroatoms. The minimum Gasteiger partial charge on any atom is -0.497 e. The van der Waals surface area contributed by atoms with Crippen LogP contribution in [0.4, 0.5) is 4.39 Å². The van der Waals surface area contributed by atoms with E-state index in [0.29, 0.717) is 11.3 Å². The molecule has 0 saturated carbocycles. The molecule has 1 saturated heterocycles. The number of nitrogens with zero attached hydrogens (tertiary/aromatic N) is 1. The van der Waals surface area contributed by atoms with Crippen molar-refractivity contribution < 1.29 is 22.3 Å². The molecule has 0 spiro atoms. The highest BCUT2D eigenvalue weighted by atomic mass is 32.2. The van der Waals surface area contributed by atoms with Gasteiger partial charge in [-0.2, -0.15) is 4.31 Å². The Labute approximate surface area is 122 Å². The highest BCUT2D eigenvalue weighted by Crippen LogP contribution is 2.30. The summed E-state index contributed by atoms with van der Waals surface area (Å²) in [6.07, 6.45) is -1.60. The Bertz CT molecular complexity index is 662. The molecular formula is C13H17FN2O4S. The summed E-state index contributed by atoms with van der Waals surface area (Å²) >= 11 is 0. The Morgan fingerprint density at radius 3 is 2.67 bits per heavy atom. The van der Waals surface area contributed by atoms with Gasteiger partial charge in [0.25, 0.3) is 0 Å². The van der Waals surface area contributed by atoms with Crippen molar-refractivity contribution in [2.45, 2.75) is 30.5 Å². The number of primary amides is 1. The predicted molar refractivity (Wildman–Crippen MR) is 74.1 cm³/mol. The molecule has 0 aliphatic carbocycles. The van der Waals surface area contributed by atoms with Crippen LogP contribution in [0.2, 0.25) is 0 Å². The molecule has 1 aliphatic rings. The number of nitrogens with two attached hydrogens (primary N) is 1. The summed E-state index contributed by atoms with van der Waals surface area (Å²) in [4.78, 5) is 11.4. The summed E-state index contributed by atoms with van der Waals surface area (Å²) in [6, 6.07) is 3.30. The summed E-state index contributed by atoms with van der Waals surface area (Å²) in [5.74, 6) is -0.326. The zero-order chi connectivity index (χ0) is 15.8. The van der Waals surface area contributed by atoms with Gasteiger partial charge in [0.1, 0.15) is 18.0 Å². The van der Waals surface area contributed by atoms with E-state index in [2.05, 4.69) is 0 Å². The van der Waals surface area contributed by atoms with Crippen molar-refractivity contribution in [1.29, 1.82) is 0 Å². The molecular weight excluding hydrogens is 299 g/mol. The topological polar surface area (TPSA) is 89.7 Å². The first kappa shape index (κ1) is 15.7. The maximum absolute atomic E-state index is 13.5. The van der Waals surface area contributed by atoms with Gasteiger partial charge in [-0.25, -0.2) is 12.8 Å². The van der Waals surface area contributed by atoms with E-state index in [0.717, 1.165) is 4.31 Å². The monoisotopic (exact) mass is 316 g/mol. The smallest absolute Gasteiger partial charge is 0.244 e. The van der Waals surface area contributed by atoms with Crippen molar-refractivity contribution in [3.8, 4) is 5.75 Å². The van der Waals surface area contributed by atoms with Crippen LogP contribution in [0.25, 0.3) is 0 Å². The Hall–Kier alpha value is -1.67. The first-order valence-corrected chi connectivity index (χ1v) is 7.81. The zero-order valence-corrected chi connectivity index (χ0v) is 12.6. The summed E-state index contributed by atoms with van der Waals surface area (Å²) < 4.78 is 44.6. The van der Waals surface area contributed by atoms with Crippen molar-refractivity contribution in [2.24, 2.45) is 5.73 Å². The highest BCUT2D eigenvalue weighted by molar-refractivity contribution is 7.89. The number of hydrogen-bond donors (Lipinski definition) is 1. The number of rotatable bonds is 4. The molecule has 1 fully saturated rings. The van der Waals surface area contributed by atoms with Gasteiger partial charge in [-0.1, -0.05) is 0 Å². The number of benzene rings is 1. The number of amides is 1. The first-order chi connectivity index (χ1) is 9.77. The van der Waals surface area contributed by atoms with Crippen LogP contribution in [0.5, 0.6) is 5.75 Å². The van der Waals surface area contributed by atoms with Gasteiger partial charge in [0.2, 0.25) is 15.9 Å². The molecule has 1 heterocycles. The lowest BCUT2D eigenvalue weighted by Gasteiger charge is -2.22. The lowest BCUT2D eigenvalue weighted by Crippen LogP contribution is -2.43. The molecule has 2 atom stereocenters.